The van der Waals surface area contributed by atoms with Crippen LogP contribution in [0.1, 0.15) is 31.9 Å². The number of hydrogen-bond acceptors (Lipinski definition) is 2. The third-order valence-corrected chi connectivity index (χ3v) is 1.45. The maximum atomic E-state index is 5.28. The van der Waals surface area contributed by atoms with Gasteiger partial charge in [-0.2, -0.15) is 0 Å². The Hall–Kier alpha value is -1.05. The van der Waals surface area contributed by atoms with Gasteiger partial charge in [0.05, 0.1) is 6.61 Å². The van der Waals surface area contributed by atoms with Gasteiger partial charge in [-0.25, -0.2) is 4.98 Å². The zero-order chi connectivity index (χ0) is 10.3. The lowest BCUT2D eigenvalue weighted by molar-refractivity contribution is 0.324. The van der Waals surface area contributed by atoms with Gasteiger partial charge in [0.2, 0.25) is 5.88 Å². The molecule has 0 N–H and O–H groups in total. The van der Waals surface area contributed by atoms with Crippen LogP contribution in [0, 0.1) is 13.8 Å². The van der Waals surface area contributed by atoms with Crippen molar-refractivity contribution in [3.8, 4) is 5.88 Å². The lowest BCUT2D eigenvalue weighted by Crippen LogP contribution is -1.96. The van der Waals surface area contributed by atoms with Gasteiger partial charge < -0.3 is 4.74 Å². The van der Waals surface area contributed by atoms with E-state index in [-0.39, 0.29) is 0 Å². The lowest BCUT2D eigenvalue weighted by Gasteiger charge is -2.04. The fraction of sp³-hybridized carbons (Fsp3) is 0.545. The third kappa shape index (κ3) is 3.92. The average Bonchev–Trinajstić information content (AvgIpc) is 2.14. The van der Waals surface area contributed by atoms with E-state index in [0.29, 0.717) is 6.61 Å². The summed E-state index contributed by atoms with van der Waals surface area (Å²) in [7, 11) is 0. The Morgan fingerprint density at radius 3 is 2.38 bits per heavy atom. The molecule has 0 atom stereocenters. The normalized spacial score (nSPS) is 8.69. The Labute approximate surface area is 81.0 Å². The molecule has 0 saturated carbocycles. The fourth-order valence-electron chi connectivity index (χ4n) is 0.991. The molecular formula is C11H19NO. The maximum absolute atomic E-state index is 5.28. The molecule has 2 heteroatoms. The van der Waals surface area contributed by atoms with E-state index >= 15 is 0 Å². The Morgan fingerprint density at radius 1 is 1.31 bits per heavy atom. The molecule has 1 heterocycles. The molecule has 0 aliphatic heterocycles. The molecule has 2 nitrogen and oxygen atoms in total. The summed E-state index contributed by atoms with van der Waals surface area (Å²) in [5, 5.41) is 0. The van der Waals surface area contributed by atoms with Gasteiger partial charge in [0, 0.05) is 11.8 Å². The highest BCUT2D eigenvalue weighted by atomic mass is 16.5. The average molecular weight is 181 g/mol. The van der Waals surface area contributed by atoms with Crippen molar-refractivity contribution in [2.24, 2.45) is 0 Å². The van der Waals surface area contributed by atoms with Crippen LogP contribution in [0.25, 0.3) is 0 Å². The minimum absolute atomic E-state index is 0.677. The van der Waals surface area contributed by atoms with Crippen molar-refractivity contribution in [3.05, 3.63) is 23.4 Å². The predicted octanol–water partition coefficient (Wildman–Crippen LogP) is 3.12. The second-order valence-electron chi connectivity index (χ2n) is 2.57. The molecule has 0 unspecified atom stereocenters. The first kappa shape index (κ1) is 11.9. The van der Waals surface area contributed by atoms with Gasteiger partial charge in [-0.1, -0.05) is 13.8 Å². The van der Waals surface area contributed by atoms with E-state index in [1.54, 1.807) is 0 Å². The van der Waals surface area contributed by atoms with Crippen LogP contribution in [0.5, 0.6) is 5.88 Å². The summed E-state index contributed by atoms with van der Waals surface area (Å²) < 4.78 is 5.28. The molecule has 0 bridgehead atoms. The van der Waals surface area contributed by atoms with Crippen LogP contribution in [-0.2, 0) is 0 Å². The van der Waals surface area contributed by atoms with Gasteiger partial charge >= 0.3 is 0 Å². The minimum atomic E-state index is 0.677. The van der Waals surface area contributed by atoms with Crippen molar-refractivity contribution in [3.63, 3.8) is 0 Å². The van der Waals surface area contributed by atoms with Crippen molar-refractivity contribution in [2.75, 3.05) is 6.61 Å². The summed E-state index contributed by atoms with van der Waals surface area (Å²) in [6.45, 7) is 10.7. The van der Waals surface area contributed by atoms with Crippen LogP contribution in [0.2, 0.25) is 0 Å². The molecule has 0 aliphatic carbocycles. The van der Waals surface area contributed by atoms with E-state index in [1.807, 2.05) is 40.8 Å². The van der Waals surface area contributed by atoms with E-state index in [9.17, 15) is 0 Å². The molecule has 0 spiro atoms. The van der Waals surface area contributed by atoms with Crippen LogP contribution in [0.4, 0.5) is 0 Å². The van der Waals surface area contributed by atoms with Crippen LogP contribution < -0.4 is 4.74 Å². The molecule has 0 fully saturated rings. The Balaban J connectivity index is 0.000000671. The predicted molar refractivity (Wildman–Crippen MR) is 56.2 cm³/mol. The number of ether oxygens (including phenoxy) is 1. The van der Waals surface area contributed by atoms with E-state index < -0.39 is 0 Å². The van der Waals surface area contributed by atoms with Gasteiger partial charge in [-0.05, 0) is 32.4 Å². The summed E-state index contributed by atoms with van der Waals surface area (Å²) in [5.74, 6) is 0.748. The van der Waals surface area contributed by atoms with Gasteiger partial charge in [-0.3, -0.25) is 0 Å². The van der Waals surface area contributed by atoms with E-state index in [2.05, 4.69) is 11.1 Å². The zero-order valence-electron chi connectivity index (χ0n) is 9.22. The first-order valence-corrected chi connectivity index (χ1v) is 4.80. The molecule has 1 aromatic rings. The number of hydrogen-bond donors (Lipinski definition) is 0. The Kier molecular flexibility index (Phi) is 5.94. The highest BCUT2D eigenvalue weighted by Crippen LogP contribution is 2.14. The van der Waals surface area contributed by atoms with Crippen LogP contribution in [0.3, 0.4) is 0 Å². The summed E-state index contributed by atoms with van der Waals surface area (Å²) in [6.07, 6.45) is 1.82. The SMILES string of the molecule is CC.CCOc1ncc(C)cc1C. The fourth-order valence-corrected chi connectivity index (χ4v) is 0.991. The van der Waals surface area contributed by atoms with E-state index in [4.69, 9.17) is 4.74 Å². The summed E-state index contributed by atoms with van der Waals surface area (Å²) in [5.41, 5.74) is 2.28. The summed E-state index contributed by atoms with van der Waals surface area (Å²) in [6, 6.07) is 2.07. The molecule has 1 rings (SSSR count). The third-order valence-electron chi connectivity index (χ3n) is 1.45. The van der Waals surface area contributed by atoms with Crippen molar-refractivity contribution in [1.29, 1.82) is 0 Å². The van der Waals surface area contributed by atoms with Crippen LogP contribution in [-0.4, -0.2) is 11.6 Å². The lowest BCUT2D eigenvalue weighted by atomic mass is 10.2. The zero-order valence-corrected chi connectivity index (χ0v) is 9.22. The molecule has 0 amide bonds. The van der Waals surface area contributed by atoms with Gasteiger partial charge in [0.15, 0.2) is 0 Å². The number of nitrogens with zero attached hydrogens (tertiary/aromatic N) is 1. The standard InChI is InChI=1S/C9H13NO.C2H6/c1-4-11-9-8(3)5-7(2)6-10-9;1-2/h5-6H,4H2,1-3H3;1-2H3. The van der Waals surface area contributed by atoms with Gasteiger partial charge in [-0.15, -0.1) is 0 Å². The molecule has 1 aromatic heterocycles. The second-order valence-corrected chi connectivity index (χ2v) is 2.57. The number of aryl methyl sites for hydroxylation is 2. The summed E-state index contributed by atoms with van der Waals surface area (Å²) >= 11 is 0. The van der Waals surface area contributed by atoms with Crippen LogP contribution >= 0.6 is 0 Å². The monoisotopic (exact) mass is 181 g/mol. The first-order chi connectivity index (χ1) is 6.24. The molecule has 0 saturated heterocycles. The van der Waals surface area contributed by atoms with Gasteiger partial charge in [0.25, 0.3) is 0 Å². The van der Waals surface area contributed by atoms with E-state index in [1.165, 1.54) is 5.56 Å². The smallest absolute Gasteiger partial charge is 0.216 e. The Bertz CT molecular complexity index is 246. The molecule has 74 valence electrons. The second kappa shape index (κ2) is 6.46. The highest BCUT2D eigenvalue weighted by Gasteiger charge is 1.98. The number of rotatable bonds is 2. The molecule has 0 radical (unpaired) electrons. The summed E-state index contributed by atoms with van der Waals surface area (Å²) in [4.78, 5) is 4.15. The molecule has 0 aliphatic rings. The van der Waals surface area contributed by atoms with Crippen LogP contribution in [0.15, 0.2) is 12.3 Å². The highest BCUT2D eigenvalue weighted by molar-refractivity contribution is 5.27. The molecule has 13 heavy (non-hydrogen) atoms. The van der Waals surface area contributed by atoms with Crippen molar-refractivity contribution in [2.45, 2.75) is 34.6 Å². The van der Waals surface area contributed by atoms with Crippen molar-refractivity contribution >= 4 is 0 Å². The molecular weight excluding hydrogens is 162 g/mol. The minimum Gasteiger partial charge on any atom is -0.478 e. The maximum Gasteiger partial charge on any atom is 0.216 e. The van der Waals surface area contributed by atoms with Crippen molar-refractivity contribution < 1.29 is 4.74 Å². The van der Waals surface area contributed by atoms with Gasteiger partial charge in [0.1, 0.15) is 0 Å². The number of aromatic nitrogens is 1. The quantitative estimate of drug-likeness (QED) is 0.699. The number of pyridine rings is 1. The largest absolute Gasteiger partial charge is 0.478 e. The Morgan fingerprint density at radius 2 is 1.92 bits per heavy atom. The first-order valence-electron chi connectivity index (χ1n) is 4.80. The topological polar surface area (TPSA) is 22.1 Å². The van der Waals surface area contributed by atoms with Crippen molar-refractivity contribution in [1.82, 2.24) is 4.98 Å². The van der Waals surface area contributed by atoms with E-state index in [0.717, 1.165) is 11.4 Å². The molecule has 0 aromatic carbocycles.